The maximum atomic E-state index is 11.5. The summed E-state index contributed by atoms with van der Waals surface area (Å²) in [5, 5.41) is 4.20. The Morgan fingerprint density at radius 1 is 1.60 bits per heavy atom. The molecule has 2 N–H and O–H groups in total. The molecule has 0 saturated heterocycles. The van der Waals surface area contributed by atoms with Crippen molar-refractivity contribution in [2.24, 2.45) is 5.73 Å². The molecule has 0 aliphatic heterocycles. The van der Waals surface area contributed by atoms with E-state index >= 15 is 0 Å². The Kier molecular flexibility index (Phi) is 2.56. The molecule has 1 aliphatic rings. The van der Waals surface area contributed by atoms with Gasteiger partial charge in [0.15, 0.2) is 0 Å². The minimum atomic E-state index is -0.518. The summed E-state index contributed by atoms with van der Waals surface area (Å²) < 4.78 is 4.72. The van der Waals surface area contributed by atoms with E-state index in [1.54, 1.807) is 11.3 Å². The maximum absolute atomic E-state index is 11.5. The van der Waals surface area contributed by atoms with Gasteiger partial charge >= 0.3 is 5.97 Å². The van der Waals surface area contributed by atoms with Crippen LogP contribution in [0.1, 0.15) is 24.0 Å². The number of carbonyl (C=O) groups excluding carboxylic acids is 1. The fourth-order valence-corrected chi connectivity index (χ4v) is 3.06. The van der Waals surface area contributed by atoms with Crippen LogP contribution < -0.4 is 5.73 Å². The number of rotatable bonds is 3. The summed E-state index contributed by atoms with van der Waals surface area (Å²) in [5.41, 5.74) is 8.28. The van der Waals surface area contributed by atoms with Gasteiger partial charge in [0.05, 0.1) is 7.11 Å². The normalized spacial score (nSPS) is 19.7. The molecule has 1 aliphatic carbocycles. The Labute approximate surface area is 93.2 Å². The number of carbonyl (C=O) groups is 1. The molecular formula is C11H15NO2S. The van der Waals surface area contributed by atoms with Gasteiger partial charge in [0.1, 0.15) is 6.04 Å². The second kappa shape index (κ2) is 3.61. The molecule has 0 spiro atoms. The van der Waals surface area contributed by atoms with Crippen molar-refractivity contribution in [3.05, 3.63) is 21.9 Å². The minimum Gasteiger partial charge on any atom is -0.468 e. The molecule has 3 nitrogen and oxygen atoms in total. The first-order valence-corrected chi connectivity index (χ1v) is 5.93. The van der Waals surface area contributed by atoms with Crippen molar-refractivity contribution in [3.63, 3.8) is 0 Å². The standard InChI is InChI=1S/C11H15NO2S/c1-7-5-15-6-8(7)11(3-4-11)9(12)10(13)14-2/h5-6,9H,3-4,12H2,1-2H3. The van der Waals surface area contributed by atoms with Crippen LogP contribution in [-0.4, -0.2) is 19.1 Å². The van der Waals surface area contributed by atoms with Crippen LogP contribution >= 0.6 is 11.3 Å². The number of nitrogens with two attached hydrogens (primary N) is 1. The second-order valence-corrected chi connectivity index (χ2v) is 4.87. The average Bonchev–Trinajstić information content (AvgIpc) is 2.94. The second-order valence-electron chi connectivity index (χ2n) is 4.13. The van der Waals surface area contributed by atoms with Crippen LogP contribution in [0.3, 0.4) is 0 Å². The molecule has 1 aromatic rings. The van der Waals surface area contributed by atoms with Crippen molar-refractivity contribution in [2.45, 2.75) is 31.2 Å². The third-order valence-electron chi connectivity index (χ3n) is 3.23. The molecule has 2 rings (SSSR count). The first kappa shape index (κ1) is 10.6. The summed E-state index contributed by atoms with van der Waals surface area (Å²) in [6, 6.07) is -0.518. The van der Waals surface area contributed by atoms with Gasteiger partial charge in [0.25, 0.3) is 0 Å². The molecule has 4 heteroatoms. The van der Waals surface area contributed by atoms with Crippen LogP contribution in [0.4, 0.5) is 0 Å². The van der Waals surface area contributed by atoms with E-state index in [9.17, 15) is 4.79 Å². The smallest absolute Gasteiger partial charge is 0.323 e. The van der Waals surface area contributed by atoms with Crippen LogP contribution in [-0.2, 0) is 14.9 Å². The quantitative estimate of drug-likeness (QED) is 0.795. The summed E-state index contributed by atoms with van der Waals surface area (Å²) in [7, 11) is 1.39. The van der Waals surface area contributed by atoms with Crippen molar-refractivity contribution < 1.29 is 9.53 Å². The van der Waals surface area contributed by atoms with Gasteiger partial charge < -0.3 is 10.5 Å². The molecule has 1 unspecified atom stereocenters. The van der Waals surface area contributed by atoms with Crippen LogP contribution in [0, 0.1) is 6.92 Å². The van der Waals surface area contributed by atoms with E-state index in [1.165, 1.54) is 18.2 Å². The summed E-state index contributed by atoms with van der Waals surface area (Å²) in [4.78, 5) is 11.5. The van der Waals surface area contributed by atoms with Gasteiger partial charge in [-0.25, -0.2) is 0 Å². The largest absolute Gasteiger partial charge is 0.468 e. The molecule has 1 heterocycles. The first-order valence-electron chi connectivity index (χ1n) is 4.98. The predicted octanol–water partition coefficient (Wildman–Crippen LogP) is 1.59. The lowest BCUT2D eigenvalue weighted by Gasteiger charge is -2.21. The Balaban J connectivity index is 2.28. The topological polar surface area (TPSA) is 52.3 Å². The maximum Gasteiger partial charge on any atom is 0.323 e. The lowest BCUT2D eigenvalue weighted by atomic mass is 9.88. The van der Waals surface area contributed by atoms with E-state index in [4.69, 9.17) is 10.5 Å². The molecule has 0 bridgehead atoms. The number of hydrogen-bond donors (Lipinski definition) is 1. The van der Waals surface area contributed by atoms with E-state index in [0.717, 1.165) is 12.8 Å². The number of aryl methyl sites for hydroxylation is 1. The molecule has 1 fully saturated rings. The number of thiophene rings is 1. The van der Waals surface area contributed by atoms with E-state index in [2.05, 4.69) is 17.7 Å². The Morgan fingerprint density at radius 3 is 2.67 bits per heavy atom. The molecular weight excluding hydrogens is 210 g/mol. The van der Waals surface area contributed by atoms with Crippen LogP contribution in [0.5, 0.6) is 0 Å². The molecule has 0 amide bonds. The van der Waals surface area contributed by atoms with Gasteiger partial charge in [-0.2, -0.15) is 11.3 Å². The monoisotopic (exact) mass is 225 g/mol. The van der Waals surface area contributed by atoms with Gasteiger partial charge in [-0.3, -0.25) is 4.79 Å². The van der Waals surface area contributed by atoms with Crippen molar-refractivity contribution in [2.75, 3.05) is 7.11 Å². The third-order valence-corrected chi connectivity index (χ3v) is 4.09. The third kappa shape index (κ3) is 1.58. The van der Waals surface area contributed by atoms with E-state index in [1.807, 2.05) is 0 Å². The number of hydrogen-bond acceptors (Lipinski definition) is 4. The Hall–Kier alpha value is -0.870. The highest BCUT2D eigenvalue weighted by Crippen LogP contribution is 2.52. The number of ether oxygens (including phenoxy) is 1. The highest BCUT2D eigenvalue weighted by atomic mass is 32.1. The summed E-state index contributed by atoms with van der Waals surface area (Å²) in [5.74, 6) is -0.307. The Bertz CT molecular complexity index is 382. The average molecular weight is 225 g/mol. The lowest BCUT2D eigenvalue weighted by Crippen LogP contribution is -2.42. The molecule has 0 radical (unpaired) electrons. The van der Waals surface area contributed by atoms with Crippen molar-refractivity contribution in [1.82, 2.24) is 0 Å². The van der Waals surface area contributed by atoms with Crippen molar-refractivity contribution in [3.8, 4) is 0 Å². The zero-order valence-electron chi connectivity index (χ0n) is 8.95. The fourth-order valence-electron chi connectivity index (χ4n) is 2.11. The zero-order valence-corrected chi connectivity index (χ0v) is 9.76. The lowest BCUT2D eigenvalue weighted by molar-refractivity contribution is -0.143. The zero-order chi connectivity index (χ0) is 11.1. The molecule has 1 aromatic heterocycles. The molecule has 1 saturated carbocycles. The van der Waals surface area contributed by atoms with Gasteiger partial charge in [0, 0.05) is 5.41 Å². The highest BCUT2D eigenvalue weighted by Gasteiger charge is 2.53. The summed E-state index contributed by atoms with van der Waals surface area (Å²) >= 11 is 1.66. The van der Waals surface area contributed by atoms with Crippen molar-refractivity contribution in [1.29, 1.82) is 0 Å². The van der Waals surface area contributed by atoms with Crippen LogP contribution in [0.15, 0.2) is 10.8 Å². The van der Waals surface area contributed by atoms with E-state index < -0.39 is 6.04 Å². The van der Waals surface area contributed by atoms with Crippen LogP contribution in [0.2, 0.25) is 0 Å². The minimum absolute atomic E-state index is 0.142. The number of esters is 1. The van der Waals surface area contributed by atoms with Gasteiger partial charge in [-0.15, -0.1) is 0 Å². The van der Waals surface area contributed by atoms with Gasteiger partial charge in [-0.05, 0) is 41.7 Å². The van der Waals surface area contributed by atoms with Crippen LogP contribution in [0.25, 0.3) is 0 Å². The molecule has 0 aromatic carbocycles. The fraction of sp³-hybridized carbons (Fsp3) is 0.545. The highest BCUT2D eigenvalue weighted by molar-refractivity contribution is 7.08. The van der Waals surface area contributed by atoms with E-state index in [-0.39, 0.29) is 11.4 Å². The van der Waals surface area contributed by atoms with Crippen molar-refractivity contribution >= 4 is 17.3 Å². The molecule has 82 valence electrons. The van der Waals surface area contributed by atoms with E-state index in [0.29, 0.717) is 0 Å². The number of methoxy groups -OCH3 is 1. The molecule has 1 atom stereocenters. The first-order chi connectivity index (χ1) is 7.12. The SMILES string of the molecule is COC(=O)C(N)C1(c2cscc2C)CC1. The summed E-state index contributed by atoms with van der Waals surface area (Å²) in [6.45, 7) is 2.07. The predicted molar refractivity (Wildman–Crippen MR) is 60.0 cm³/mol. The summed E-state index contributed by atoms with van der Waals surface area (Å²) in [6.07, 6.45) is 1.97. The molecule has 15 heavy (non-hydrogen) atoms. The Morgan fingerprint density at radius 2 is 2.27 bits per heavy atom. The van der Waals surface area contributed by atoms with Gasteiger partial charge in [-0.1, -0.05) is 0 Å². The van der Waals surface area contributed by atoms with Gasteiger partial charge in [0.2, 0.25) is 0 Å².